The van der Waals surface area contributed by atoms with Gasteiger partial charge in [-0.25, -0.2) is 19.9 Å². The van der Waals surface area contributed by atoms with E-state index in [1.54, 1.807) is 93.8 Å². The smallest absolute Gasteiger partial charge is 0.223 e. The number of nitrogen functional groups attached to an aromatic ring is 4. The molecule has 8 N–H and O–H groups in total. The van der Waals surface area contributed by atoms with Gasteiger partial charge in [0.1, 0.15) is 66.1 Å². The zero-order chi connectivity index (χ0) is 81.3. The summed E-state index contributed by atoms with van der Waals surface area (Å²) in [5, 5.41) is 0.283. The molecule has 0 radical (unpaired) electrons. The van der Waals surface area contributed by atoms with Crippen LogP contribution in [0.3, 0.4) is 0 Å². The van der Waals surface area contributed by atoms with E-state index in [9.17, 15) is 19.2 Å². The molecule has 7 aliphatic rings. The number of allylic oxidation sites excluding steroid dienone is 4. The fourth-order valence-electron chi connectivity index (χ4n) is 14.2. The Morgan fingerprint density at radius 3 is 0.965 bits per heavy atom. The highest BCUT2D eigenvalue weighted by atomic mass is 35.5. The molecule has 0 unspecified atom stereocenters. The van der Waals surface area contributed by atoms with Gasteiger partial charge in [-0.15, -0.1) is 0 Å². The zero-order valence-electron chi connectivity index (χ0n) is 64.6. The van der Waals surface area contributed by atoms with Crippen molar-refractivity contribution in [3.05, 3.63) is 160 Å². The number of aromatic nitrogens is 12. The second-order valence-corrected chi connectivity index (χ2v) is 29.0. The fourth-order valence-corrected chi connectivity index (χ4v) is 15.2. The maximum atomic E-state index is 13.3. The molecule has 8 aromatic rings. The van der Waals surface area contributed by atoms with Gasteiger partial charge in [-0.3, -0.25) is 39.1 Å². The van der Waals surface area contributed by atoms with E-state index in [2.05, 4.69) is 59.8 Å². The summed E-state index contributed by atoms with van der Waals surface area (Å²) in [6.45, 7) is 7.01. The van der Waals surface area contributed by atoms with Crippen molar-refractivity contribution in [2.45, 2.75) is 111 Å². The van der Waals surface area contributed by atoms with E-state index < -0.39 is 0 Å². The normalized spacial score (nSPS) is 16.0. The summed E-state index contributed by atoms with van der Waals surface area (Å²) < 4.78 is 42.5. The number of pyridine rings is 4. The number of carbonyl (C=O) groups excluding carboxylic acids is 4. The van der Waals surface area contributed by atoms with Gasteiger partial charge in [-0.1, -0.05) is 75.6 Å². The van der Waals surface area contributed by atoms with Gasteiger partial charge in [0.05, 0.1) is 131 Å². The lowest BCUT2D eigenvalue weighted by atomic mass is 9.86. The summed E-state index contributed by atoms with van der Waals surface area (Å²) in [6, 6.07) is 7.20. The number of nitrogens with two attached hydrogens (primary N) is 4. The molecule has 15 rings (SSSR count). The highest BCUT2D eigenvalue weighted by Gasteiger charge is 2.39. The van der Waals surface area contributed by atoms with Crippen molar-refractivity contribution in [3.63, 3.8) is 0 Å². The number of ketones is 4. The van der Waals surface area contributed by atoms with E-state index >= 15 is 0 Å². The second kappa shape index (κ2) is 36.1. The molecule has 3 aliphatic carbocycles. The van der Waals surface area contributed by atoms with Gasteiger partial charge in [-0.2, -0.15) is 19.9 Å². The van der Waals surface area contributed by atoms with E-state index in [1.807, 2.05) is 51.7 Å². The van der Waals surface area contributed by atoms with E-state index in [4.69, 9.17) is 107 Å². The predicted octanol–water partition coefficient (Wildman–Crippen LogP) is 12.1. The highest BCUT2D eigenvalue weighted by Crippen LogP contribution is 2.44. The van der Waals surface area contributed by atoms with E-state index in [0.717, 1.165) is 104 Å². The van der Waals surface area contributed by atoms with Crippen molar-refractivity contribution in [3.8, 4) is 46.0 Å². The molecule has 0 amide bonds. The Bertz CT molecular complexity index is 5200. The van der Waals surface area contributed by atoms with Gasteiger partial charge >= 0.3 is 0 Å². The third kappa shape index (κ3) is 18.1. The van der Waals surface area contributed by atoms with Crippen LogP contribution in [-0.2, 0) is 26.2 Å². The number of hydrogen-bond acceptors (Lipinski definition) is 32. The largest absolute Gasteiger partial charge is 0.493 e. The lowest BCUT2D eigenvalue weighted by Crippen LogP contribution is -2.36. The molecule has 0 bridgehead atoms. The van der Waals surface area contributed by atoms with Crippen molar-refractivity contribution in [2.75, 3.05) is 126 Å². The molecule has 4 aliphatic heterocycles. The van der Waals surface area contributed by atoms with Crippen LogP contribution in [0.25, 0.3) is 0 Å². The summed E-state index contributed by atoms with van der Waals surface area (Å²) in [5.41, 5.74) is 33.5. The molecular formula is C78H86Cl4N20O12. The van der Waals surface area contributed by atoms with Crippen molar-refractivity contribution >= 4 is 117 Å². The van der Waals surface area contributed by atoms with Crippen LogP contribution in [0.1, 0.15) is 149 Å². The summed E-state index contributed by atoms with van der Waals surface area (Å²) in [4.78, 5) is 111. The van der Waals surface area contributed by atoms with Crippen LogP contribution in [0.15, 0.2) is 94.1 Å². The molecule has 12 heterocycles. The number of fused-ring (bicyclic) bond motifs is 4. The summed E-state index contributed by atoms with van der Waals surface area (Å²) in [6.07, 6.45) is 20.0. The first-order valence-electron chi connectivity index (χ1n) is 36.5. The van der Waals surface area contributed by atoms with Gasteiger partial charge in [0.2, 0.25) is 23.8 Å². The molecule has 8 aromatic heterocycles. The molecule has 3 saturated carbocycles. The molecule has 32 nitrogen and oxygen atoms in total. The molecule has 0 atom stereocenters. The number of carbonyl (C=O) groups is 4. The van der Waals surface area contributed by atoms with Crippen LogP contribution >= 0.6 is 46.4 Å². The maximum absolute atomic E-state index is 13.3. The van der Waals surface area contributed by atoms with Crippen molar-refractivity contribution < 1.29 is 57.1 Å². The minimum atomic E-state index is -0.175. The molecule has 3 fully saturated rings. The maximum Gasteiger partial charge on any atom is 0.223 e. The molecule has 0 spiro atoms. The third-order valence-corrected chi connectivity index (χ3v) is 21.1. The number of hydrogen-bond donors (Lipinski definition) is 4. The number of rotatable bonds is 17. The lowest BCUT2D eigenvalue weighted by molar-refractivity contribution is 0.101. The third-order valence-electron chi connectivity index (χ3n) is 20.0. The second-order valence-electron chi connectivity index (χ2n) is 27.6. The van der Waals surface area contributed by atoms with Crippen molar-refractivity contribution in [1.82, 2.24) is 59.8 Å². The minimum absolute atomic E-state index is 0.0115. The summed E-state index contributed by atoms with van der Waals surface area (Å²) in [7, 11) is 12.5. The number of methoxy groups -OCH3 is 8. The highest BCUT2D eigenvalue weighted by molar-refractivity contribution is 6.37. The quantitative estimate of drug-likeness (QED) is 0.0486. The first-order valence-corrected chi connectivity index (χ1v) is 38.0. The lowest BCUT2D eigenvalue weighted by Gasteiger charge is -2.33. The molecule has 36 heteroatoms. The standard InChI is InChI=1S/C21H24ClN5O3.C20H22ClN5O3.C19H20ClN5O3.C18H20ClN5O3/c1-29-15-8-13(24-9-16(15)30-2)10-27-11-14(12-6-4-3-5-7-12)18(28)17-19(22)25-21(23)26-20(17)27;1-28-14-7-12(23-8-15(14)29-2)9-26-10-13(11-5-3-4-6-11)17(27)16-18(21)24-20(22)25-19(16)26;1-27-13-6-12(22-7-14(13)28-2)9-25-8-11(5-10-3-4-10)16(26)15-17(20)23-19(21)24-18(15)25;1-9(2)11-8-24(7-10-5-12(26-3)13(27-4)6-21-10)17-14(15(11)25)16(19)22-18(20)23-17/h8-9H,3-7,10-11H2,1-2H3,(H2,23,25,26);7-8H,3-6,9-10H2,1-2H3,(H2,22,24,25);5-7,10H,3-4,8-9H2,1-2H3,(H2,21,23,24);5-6H,7-8H2,1-4H3,(H2,20,22,23)/b;;11-5+;. The topological polar surface area (TPSA) is 414 Å². The molecule has 114 heavy (non-hydrogen) atoms. The molecule has 0 saturated heterocycles. The first-order chi connectivity index (χ1) is 54.9. The molecule has 0 aromatic carbocycles. The Morgan fingerprint density at radius 2 is 0.667 bits per heavy atom. The monoisotopic (exact) mass is 1630 g/mol. The van der Waals surface area contributed by atoms with Crippen molar-refractivity contribution in [2.24, 2.45) is 5.92 Å². The summed E-state index contributed by atoms with van der Waals surface area (Å²) in [5.74, 6) is 6.25. The Kier molecular flexibility index (Phi) is 26.0. The van der Waals surface area contributed by atoms with Gasteiger partial charge < -0.3 is 80.4 Å². The van der Waals surface area contributed by atoms with Crippen LogP contribution in [0.4, 0.5) is 47.1 Å². The average molecular weight is 1640 g/mol. The van der Waals surface area contributed by atoms with E-state index in [-0.39, 0.29) is 78.7 Å². The van der Waals surface area contributed by atoms with Gasteiger partial charge in [0.25, 0.3) is 0 Å². The fraction of sp³-hybridized carbons (Fsp3) is 0.385. The number of Topliss-reactive ketones (excluding diaryl/α,β-unsaturated/α-hetero) is 4. The first kappa shape index (κ1) is 82.0. The Labute approximate surface area is 677 Å². The van der Waals surface area contributed by atoms with Crippen LogP contribution in [0, 0.1) is 5.92 Å². The Balaban J connectivity index is 0.000000141. The minimum Gasteiger partial charge on any atom is -0.493 e. The number of ether oxygens (including phenoxy) is 8. The SMILES string of the molecule is COc1cnc(CN2C/C(=C\C3CC3)C(=O)c3c(Cl)nc(N)nc32)cc1OC.COc1cnc(CN2CC(=C(C)C)C(=O)c3c(Cl)nc(N)nc32)cc1OC.COc1cnc(CN2CC(=C3CCCC3)C(=O)c3c(Cl)nc(N)nc32)cc1OC.COc1cnc(CN2CC(=C3CCCCC3)C(=O)c3c(Cl)nc(N)nc32)cc1OC. The zero-order valence-corrected chi connectivity index (χ0v) is 67.6. The number of anilines is 8. The van der Waals surface area contributed by atoms with E-state index in [1.165, 1.54) is 17.6 Å². The Morgan fingerprint density at radius 1 is 0.386 bits per heavy atom. The number of nitrogens with zero attached hydrogens (tertiary/aromatic N) is 16. The predicted molar refractivity (Wildman–Crippen MR) is 431 cm³/mol. The number of halogens is 4. The van der Waals surface area contributed by atoms with Gasteiger partial charge in [0, 0.05) is 72.7 Å². The van der Waals surface area contributed by atoms with Gasteiger partial charge in [-0.05, 0) is 84.0 Å². The van der Waals surface area contributed by atoms with Gasteiger partial charge in [0.15, 0.2) is 69.1 Å². The average Bonchev–Trinajstić information content (AvgIpc) is 0.891. The van der Waals surface area contributed by atoms with Crippen LogP contribution in [0.5, 0.6) is 46.0 Å². The Hall–Kier alpha value is -11.5. The van der Waals surface area contributed by atoms with E-state index in [0.29, 0.717) is 150 Å². The van der Waals surface area contributed by atoms with Crippen LogP contribution in [-0.4, -0.2) is 166 Å². The molecule has 598 valence electrons. The summed E-state index contributed by atoms with van der Waals surface area (Å²) >= 11 is 25.1. The van der Waals surface area contributed by atoms with Crippen LogP contribution in [0.2, 0.25) is 20.6 Å². The molecular weight excluding hydrogens is 1550 g/mol. The van der Waals surface area contributed by atoms with Crippen molar-refractivity contribution in [1.29, 1.82) is 0 Å². The van der Waals surface area contributed by atoms with Crippen LogP contribution < -0.4 is 80.4 Å².